The van der Waals surface area contributed by atoms with Crippen LogP contribution in [0, 0.1) is 5.95 Å². The van der Waals surface area contributed by atoms with Crippen molar-refractivity contribution >= 4 is 11.6 Å². The van der Waals surface area contributed by atoms with Gasteiger partial charge < -0.3 is 9.84 Å². The number of hydrogen-bond acceptors (Lipinski definition) is 4. The lowest BCUT2D eigenvalue weighted by molar-refractivity contribution is -0.192. The Bertz CT molecular complexity index is 1250. The molecule has 172 valence electrons. The molecule has 0 saturated heterocycles. The van der Waals surface area contributed by atoms with E-state index in [-0.39, 0.29) is 6.10 Å². The number of fused-ring (bicyclic) bond motifs is 1. The van der Waals surface area contributed by atoms with Gasteiger partial charge in [-0.15, -0.1) is 0 Å². The molecule has 0 bridgehead atoms. The Morgan fingerprint density at radius 2 is 1.67 bits per heavy atom. The smallest absolute Gasteiger partial charge is 0.490 e. The second kappa shape index (κ2) is 9.68. The Hall–Kier alpha value is -3.95. The Labute approximate surface area is 186 Å². The van der Waals surface area contributed by atoms with Gasteiger partial charge in [0.25, 0.3) is 0 Å². The molecule has 0 fully saturated rings. The maximum atomic E-state index is 13.4. The number of aromatic nitrogens is 3. The minimum Gasteiger partial charge on any atom is -0.491 e. The lowest BCUT2D eigenvalue weighted by Gasteiger charge is -2.10. The summed E-state index contributed by atoms with van der Waals surface area (Å²) in [7, 11) is 0. The highest BCUT2D eigenvalue weighted by Gasteiger charge is 2.38. The average Bonchev–Trinajstić information content (AvgIpc) is 3.17. The molecule has 0 atom stereocenters. The molecule has 0 aliphatic carbocycles. The van der Waals surface area contributed by atoms with Crippen molar-refractivity contribution in [3.63, 3.8) is 0 Å². The van der Waals surface area contributed by atoms with Gasteiger partial charge in [-0.3, -0.25) is 4.40 Å². The van der Waals surface area contributed by atoms with Crippen molar-refractivity contribution in [1.82, 2.24) is 14.4 Å². The highest BCUT2D eigenvalue weighted by Crippen LogP contribution is 2.27. The summed E-state index contributed by atoms with van der Waals surface area (Å²) >= 11 is 0. The van der Waals surface area contributed by atoms with Crippen LogP contribution in [-0.2, 0) is 4.79 Å². The van der Waals surface area contributed by atoms with E-state index in [0.29, 0.717) is 0 Å². The lowest BCUT2D eigenvalue weighted by atomic mass is 10.1. The summed E-state index contributed by atoms with van der Waals surface area (Å²) in [4.78, 5) is 17.0. The number of pyridine rings is 2. The van der Waals surface area contributed by atoms with E-state index in [1.165, 1.54) is 12.3 Å². The van der Waals surface area contributed by atoms with Crippen molar-refractivity contribution in [2.45, 2.75) is 26.1 Å². The van der Waals surface area contributed by atoms with Gasteiger partial charge in [0.05, 0.1) is 18.0 Å². The topological polar surface area (TPSA) is 76.7 Å². The minimum atomic E-state index is -5.08. The van der Waals surface area contributed by atoms with Crippen LogP contribution in [0.5, 0.6) is 5.75 Å². The van der Waals surface area contributed by atoms with E-state index in [1.54, 1.807) is 12.3 Å². The van der Waals surface area contributed by atoms with Gasteiger partial charge in [0, 0.05) is 24.0 Å². The van der Waals surface area contributed by atoms with E-state index in [4.69, 9.17) is 14.6 Å². The third kappa shape index (κ3) is 6.06. The van der Waals surface area contributed by atoms with Crippen LogP contribution in [0.1, 0.15) is 13.8 Å². The number of ether oxygens (including phenoxy) is 1. The number of carbonyl (C=O) groups is 1. The molecule has 0 amide bonds. The molecular weight excluding hydrogens is 442 g/mol. The van der Waals surface area contributed by atoms with Crippen molar-refractivity contribution in [3.05, 3.63) is 73.1 Å². The van der Waals surface area contributed by atoms with Crippen molar-refractivity contribution in [3.8, 4) is 28.1 Å². The van der Waals surface area contributed by atoms with Crippen molar-refractivity contribution in [1.29, 1.82) is 0 Å². The third-order valence-corrected chi connectivity index (χ3v) is 4.34. The predicted octanol–water partition coefficient (Wildman–Crippen LogP) is 5.62. The average molecular weight is 461 g/mol. The van der Waals surface area contributed by atoms with E-state index in [9.17, 15) is 17.6 Å². The summed E-state index contributed by atoms with van der Waals surface area (Å²) in [6.07, 6.45) is 0.217. The van der Waals surface area contributed by atoms with E-state index >= 15 is 0 Å². The molecule has 0 saturated carbocycles. The van der Waals surface area contributed by atoms with Crippen molar-refractivity contribution in [2.75, 3.05) is 0 Å². The fourth-order valence-electron chi connectivity index (χ4n) is 2.93. The normalized spacial score (nSPS) is 11.2. The number of hydrogen-bond donors (Lipinski definition) is 1. The number of carboxylic acids is 1. The molecule has 3 aromatic heterocycles. The summed E-state index contributed by atoms with van der Waals surface area (Å²) in [5.41, 5.74) is 4.52. The molecule has 0 aliphatic rings. The van der Waals surface area contributed by atoms with Crippen LogP contribution in [0.15, 0.2) is 67.1 Å². The molecular formula is C23H19F4N3O3. The first kappa shape index (κ1) is 23.7. The maximum absolute atomic E-state index is 13.4. The summed E-state index contributed by atoms with van der Waals surface area (Å²) in [6, 6.07) is 15.2. The Balaban J connectivity index is 0.000000383. The SMILES string of the molecule is CC(C)Oc1ccc(-c2ccn3c(-c4ccnc(F)c4)cnc3c2)cc1.O=C(O)C(F)(F)F. The van der Waals surface area contributed by atoms with Crippen LogP contribution in [0.2, 0.25) is 0 Å². The van der Waals surface area contributed by atoms with E-state index in [0.717, 1.165) is 33.8 Å². The summed E-state index contributed by atoms with van der Waals surface area (Å²) in [5, 5.41) is 7.12. The molecule has 0 unspecified atom stereocenters. The van der Waals surface area contributed by atoms with Crippen LogP contribution in [0.3, 0.4) is 0 Å². The number of halogens is 4. The van der Waals surface area contributed by atoms with Crippen LogP contribution >= 0.6 is 0 Å². The van der Waals surface area contributed by atoms with Crippen LogP contribution < -0.4 is 4.74 Å². The number of carboxylic acid groups (broad SMARTS) is 1. The Morgan fingerprint density at radius 1 is 1.00 bits per heavy atom. The Morgan fingerprint density at radius 3 is 2.24 bits per heavy atom. The van der Waals surface area contributed by atoms with Crippen LogP contribution in [0.25, 0.3) is 28.0 Å². The third-order valence-electron chi connectivity index (χ3n) is 4.34. The van der Waals surface area contributed by atoms with Gasteiger partial charge in [-0.2, -0.15) is 17.6 Å². The largest absolute Gasteiger partial charge is 0.491 e. The maximum Gasteiger partial charge on any atom is 0.490 e. The fourth-order valence-corrected chi connectivity index (χ4v) is 2.93. The van der Waals surface area contributed by atoms with Gasteiger partial charge >= 0.3 is 12.1 Å². The quantitative estimate of drug-likeness (QED) is 0.315. The number of aliphatic carboxylic acids is 1. The van der Waals surface area contributed by atoms with Gasteiger partial charge in [0.15, 0.2) is 0 Å². The number of nitrogens with zero attached hydrogens (tertiary/aromatic N) is 3. The zero-order valence-electron chi connectivity index (χ0n) is 17.5. The number of rotatable bonds is 4. The predicted molar refractivity (Wildman–Crippen MR) is 113 cm³/mol. The van der Waals surface area contributed by atoms with Gasteiger partial charge in [-0.1, -0.05) is 12.1 Å². The number of benzene rings is 1. The second-order valence-electron chi connectivity index (χ2n) is 7.15. The standard InChI is InChI=1S/C21H18FN3O.C2HF3O2/c1-14(2)26-18-5-3-15(4-6-18)16-8-10-25-19(13-24-21(25)12-16)17-7-9-23-20(22)11-17;3-2(4,5)1(6)7/h3-14H,1-2H3;(H,6,7). The van der Waals surface area contributed by atoms with E-state index in [2.05, 4.69) is 9.97 Å². The highest BCUT2D eigenvalue weighted by atomic mass is 19.4. The monoisotopic (exact) mass is 461 g/mol. The van der Waals surface area contributed by atoms with Gasteiger partial charge in [0.2, 0.25) is 5.95 Å². The minimum absolute atomic E-state index is 0.151. The molecule has 1 N–H and O–H groups in total. The molecule has 0 radical (unpaired) electrons. The number of alkyl halides is 3. The van der Waals surface area contributed by atoms with Crippen LogP contribution in [-0.4, -0.2) is 37.7 Å². The molecule has 6 nitrogen and oxygen atoms in total. The highest BCUT2D eigenvalue weighted by molar-refractivity contribution is 5.73. The summed E-state index contributed by atoms with van der Waals surface area (Å²) in [6.45, 7) is 4.01. The first-order valence-corrected chi connectivity index (χ1v) is 9.71. The van der Waals surface area contributed by atoms with Crippen molar-refractivity contribution in [2.24, 2.45) is 0 Å². The zero-order chi connectivity index (χ0) is 24.2. The fraction of sp³-hybridized carbons (Fsp3) is 0.174. The summed E-state index contributed by atoms with van der Waals surface area (Å²) < 4.78 is 52.8. The first-order chi connectivity index (χ1) is 15.5. The molecule has 33 heavy (non-hydrogen) atoms. The van der Waals surface area contributed by atoms with Gasteiger partial charge in [-0.05, 0) is 55.3 Å². The number of imidazole rings is 1. The molecule has 4 aromatic rings. The molecule has 10 heteroatoms. The van der Waals surface area contributed by atoms with Gasteiger partial charge in [-0.25, -0.2) is 14.8 Å². The molecule has 0 aliphatic heterocycles. The first-order valence-electron chi connectivity index (χ1n) is 9.71. The van der Waals surface area contributed by atoms with Crippen molar-refractivity contribution < 1.29 is 32.2 Å². The van der Waals surface area contributed by atoms with E-state index in [1.807, 2.05) is 60.8 Å². The lowest BCUT2D eigenvalue weighted by Crippen LogP contribution is -2.21. The Kier molecular flexibility index (Phi) is 6.95. The molecule has 1 aromatic carbocycles. The zero-order valence-corrected chi connectivity index (χ0v) is 17.5. The van der Waals surface area contributed by atoms with Crippen LogP contribution in [0.4, 0.5) is 17.6 Å². The molecule has 0 spiro atoms. The summed E-state index contributed by atoms with van der Waals surface area (Å²) in [5.74, 6) is -2.40. The van der Waals surface area contributed by atoms with Gasteiger partial charge in [0.1, 0.15) is 11.4 Å². The molecule has 4 rings (SSSR count). The second-order valence-corrected chi connectivity index (χ2v) is 7.15. The van der Waals surface area contributed by atoms with E-state index < -0.39 is 18.1 Å². The molecule has 3 heterocycles.